The lowest BCUT2D eigenvalue weighted by Crippen LogP contribution is -2.25. The largest absolute Gasteiger partial charge is 0.308 e. The van der Waals surface area contributed by atoms with Crippen LogP contribution in [0.4, 0.5) is 0 Å². The van der Waals surface area contributed by atoms with Gasteiger partial charge >= 0.3 is 0 Å². The predicted molar refractivity (Wildman–Crippen MR) is 81.5 cm³/mol. The third-order valence-corrected chi connectivity index (χ3v) is 4.31. The fourth-order valence-corrected chi connectivity index (χ4v) is 2.68. The van der Waals surface area contributed by atoms with Crippen LogP contribution in [-0.2, 0) is 13.0 Å². The molecule has 0 saturated heterocycles. The second-order valence-corrected chi connectivity index (χ2v) is 5.56. The van der Waals surface area contributed by atoms with Gasteiger partial charge in [-0.1, -0.05) is 6.92 Å². The number of hydrogen-bond acceptors (Lipinski definition) is 4. The molecule has 0 saturated carbocycles. The summed E-state index contributed by atoms with van der Waals surface area (Å²) in [5, 5.41) is 18.9. The molecule has 20 heavy (non-hydrogen) atoms. The maximum Gasteiger partial charge on any atom is 0.0997 e. The molecule has 2 aromatic heterocycles. The highest BCUT2D eigenvalue weighted by Gasteiger charge is 2.20. The van der Waals surface area contributed by atoms with Gasteiger partial charge in [-0.2, -0.15) is 20.5 Å². The first-order valence-electron chi connectivity index (χ1n) is 6.98. The van der Waals surface area contributed by atoms with Gasteiger partial charge < -0.3 is 5.32 Å². The molecular formula is C13H21BrN6. The molecule has 1 unspecified atom stereocenters. The Bertz CT molecular complexity index is 533. The summed E-state index contributed by atoms with van der Waals surface area (Å²) in [6, 6.07) is 0.145. The van der Waals surface area contributed by atoms with Crippen LogP contribution < -0.4 is 5.32 Å². The number of aromatic nitrogens is 5. The summed E-state index contributed by atoms with van der Waals surface area (Å²) >= 11 is 3.65. The van der Waals surface area contributed by atoms with Crippen LogP contribution in [0.5, 0.6) is 0 Å². The highest BCUT2D eigenvalue weighted by atomic mass is 79.9. The highest BCUT2D eigenvalue weighted by Crippen LogP contribution is 2.25. The number of aryl methyl sites for hydroxylation is 2. The van der Waals surface area contributed by atoms with E-state index in [2.05, 4.69) is 55.6 Å². The van der Waals surface area contributed by atoms with Crippen LogP contribution >= 0.6 is 15.9 Å². The van der Waals surface area contributed by atoms with Crippen molar-refractivity contribution in [3.63, 3.8) is 0 Å². The van der Waals surface area contributed by atoms with Crippen LogP contribution in [-0.4, -0.2) is 31.7 Å². The van der Waals surface area contributed by atoms with E-state index in [0.717, 1.165) is 41.8 Å². The molecule has 0 spiro atoms. The van der Waals surface area contributed by atoms with Gasteiger partial charge in [0.1, 0.15) is 0 Å². The van der Waals surface area contributed by atoms with Crippen molar-refractivity contribution in [3.8, 4) is 0 Å². The Hall–Kier alpha value is -1.21. The molecule has 0 bridgehead atoms. The van der Waals surface area contributed by atoms with E-state index in [4.69, 9.17) is 0 Å². The summed E-state index contributed by atoms with van der Waals surface area (Å²) in [4.78, 5) is 0. The van der Waals surface area contributed by atoms with Gasteiger partial charge in [0, 0.05) is 13.0 Å². The van der Waals surface area contributed by atoms with Gasteiger partial charge in [0.05, 0.1) is 33.8 Å². The normalized spacial score (nSPS) is 12.8. The molecule has 2 rings (SSSR count). The summed E-state index contributed by atoms with van der Waals surface area (Å²) in [5.74, 6) is 0. The van der Waals surface area contributed by atoms with Gasteiger partial charge in [-0.25, -0.2) is 0 Å². The van der Waals surface area contributed by atoms with Gasteiger partial charge in [0.15, 0.2) is 0 Å². The van der Waals surface area contributed by atoms with Gasteiger partial charge in [-0.15, -0.1) is 0 Å². The zero-order valence-corrected chi connectivity index (χ0v) is 13.7. The number of rotatable bonds is 7. The molecule has 2 N–H and O–H groups in total. The van der Waals surface area contributed by atoms with Crippen molar-refractivity contribution in [2.45, 2.75) is 46.2 Å². The second-order valence-electron chi connectivity index (χ2n) is 4.77. The molecule has 110 valence electrons. The van der Waals surface area contributed by atoms with Crippen molar-refractivity contribution in [2.24, 2.45) is 0 Å². The van der Waals surface area contributed by atoms with Crippen molar-refractivity contribution >= 4 is 15.9 Å². The van der Waals surface area contributed by atoms with E-state index in [1.807, 2.05) is 11.6 Å². The minimum absolute atomic E-state index is 0.145. The standard InChI is InChI=1S/C13H21BrN6/c1-4-6-15-10(11-8-16-19-17-11)7-12-13(14)9(3)18-20(12)5-2/h8,10,15H,4-7H2,1-3H3,(H,16,17,19). The summed E-state index contributed by atoms with van der Waals surface area (Å²) in [5.41, 5.74) is 3.16. The van der Waals surface area contributed by atoms with E-state index < -0.39 is 0 Å². The first-order valence-corrected chi connectivity index (χ1v) is 7.77. The van der Waals surface area contributed by atoms with Crippen LogP contribution in [0.3, 0.4) is 0 Å². The van der Waals surface area contributed by atoms with Crippen LogP contribution in [0, 0.1) is 6.92 Å². The number of nitrogens with zero attached hydrogens (tertiary/aromatic N) is 4. The summed E-state index contributed by atoms with van der Waals surface area (Å²) < 4.78 is 3.13. The Labute approximate surface area is 127 Å². The second kappa shape index (κ2) is 6.99. The van der Waals surface area contributed by atoms with E-state index in [9.17, 15) is 0 Å². The summed E-state index contributed by atoms with van der Waals surface area (Å²) in [7, 11) is 0. The lowest BCUT2D eigenvalue weighted by Gasteiger charge is -2.17. The maximum atomic E-state index is 4.54. The zero-order valence-electron chi connectivity index (χ0n) is 12.1. The Balaban J connectivity index is 2.23. The first-order chi connectivity index (χ1) is 9.67. The third-order valence-electron chi connectivity index (χ3n) is 3.28. The van der Waals surface area contributed by atoms with Crippen LogP contribution in [0.1, 0.15) is 43.4 Å². The fraction of sp³-hybridized carbons (Fsp3) is 0.615. The first kappa shape index (κ1) is 15.2. The average Bonchev–Trinajstić information content (AvgIpc) is 3.06. The Morgan fingerprint density at radius 3 is 2.85 bits per heavy atom. The smallest absolute Gasteiger partial charge is 0.0997 e. The van der Waals surface area contributed by atoms with E-state index >= 15 is 0 Å². The number of nitrogens with one attached hydrogen (secondary N) is 2. The molecule has 0 amide bonds. The van der Waals surface area contributed by atoms with Gasteiger partial charge in [-0.3, -0.25) is 4.68 Å². The Kier molecular flexibility index (Phi) is 5.31. The monoisotopic (exact) mass is 340 g/mol. The molecular weight excluding hydrogens is 320 g/mol. The quantitative estimate of drug-likeness (QED) is 0.811. The van der Waals surface area contributed by atoms with E-state index in [-0.39, 0.29) is 6.04 Å². The molecule has 0 aromatic carbocycles. The summed E-state index contributed by atoms with van der Waals surface area (Å²) in [6.07, 6.45) is 3.70. The van der Waals surface area contributed by atoms with E-state index in [1.54, 1.807) is 6.20 Å². The lowest BCUT2D eigenvalue weighted by molar-refractivity contribution is 0.492. The minimum atomic E-state index is 0.145. The Morgan fingerprint density at radius 2 is 2.25 bits per heavy atom. The molecule has 0 radical (unpaired) electrons. The highest BCUT2D eigenvalue weighted by molar-refractivity contribution is 9.10. The van der Waals surface area contributed by atoms with E-state index in [0.29, 0.717) is 0 Å². The van der Waals surface area contributed by atoms with Gasteiger partial charge in [0.2, 0.25) is 0 Å². The number of H-pyrrole nitrogens is 1. The predicted octanol–water partition coefficient (Wildman–Crippen LogP) is 2.38. The lowest BCUT2D eigenvalue weighted by atomic mass is 10.1. The average molecular weight is 341 g/mol. The van der Waals surface area contributed by atoms with E-state index in [1.165, 1.54) is 5.69 Å². The number of aromatic amines is 1. The van der Waals surface area contributed by atoms with Gasteiger partial charge in [-0.05, 0) is 42.7 Å². The molecule has 0 aliphatic carbocycles. The van der Waals surface area contributed by atoms with Crippen molar-refractivity contribution in [3.05, 3.63) is 27.8 Å². The molecule has 1 atom stereocenters. The van der Waals surface area contributed by atoms with Crippen LogP contribution in [0.15, 0.2) is 10.7 Å². The Morgan fingerprint density at radius 1 is 1.45 bits per heavy atom. The SMILES string of the molecule is CCCNC(Cc1c(Br)c(C)nn1CC)c1cn[nH]n1. The van der Waals surface area contributed by atoms with Crippen molar-refractivity contribution in [1.82, 2.24) is 30.5 Å². The molecule has 6 nitrogen and oxygen atoms in total. The topological polar surface area (TPSA) is 71.4 Å². The minimum Gasteiger partial charge on any atom is -0.308 e. The number of halogens is 1. The fourth-order valence-electron chi connectivity index (χ4n) is 2.24. The molecule has 0 aliphatic heterocycles. The van der Waals surface area contributed by atoms with Crippen LogP contribution in [0.2, 0.25) is 0 Å². The van der Waals surface area contributed by atoms with Crippen LogP contribution in [0.25, 0.3) is 0 Å². The number of hydrogen-bond donors (Lipinski definition) is 2. The van der Waals surface area contributed by atoms with Crippen molar-refractivity contribution in [1.29, 1.82) is 0 Å². The maximum absolute atomic E-state index is 4.54. The zero-order chi connectivity index (χ0) is 14.5. The van der Waals surface area contributed by atoms with Crippen molar-refractivity contribution < 1.29 is 0 Å². The molecule has 0 aliphatic rings. The third kappa shape index (κ3) is 3.27. The van der Waals surface area contributed by atoms with Gasteiger partial charge in [0.25, 0.3) is 0 Å². The molecule has 7 heteroatoms. The summed E-state index contributed by atoms with van der Waals surface area (Å²) in [6.45, 7) is 8.09. The molecule has 2 aromatic rings. The molecule has 2 heterocycles. The van der Waals surface area contributed by atoms with Crippen molar-refractivity contribution in [2.75, 3.05) is 6.54 Å². The molecule has 0 fully saturated rings.